The highest BCUT2D eigenvalue weighted by molar-refractivity contribution is 5.77. The lowest BCUT2D eigenvalue weighted by Crippen LogP contribution is -2.54. The van der Waals surface area contributed by atoms with Crippen LogP contribution in [0.4, 0.5) is 0 Å². The Hall–Kier alpha value is -1.36. The zero-order valence-corrected chi connectivity index (χ0v) is 12.1. The molecule has 108 valence electrons. The fourth-order valence-corrected chi connectivity index (χ4v) is 3.13. The molecule has 4 heteroatoms. The number of rotatable bonds is 3. The van der Waals surface area contributed by atoms with Gasteiger partial charge < -0.3 is 9.52 Å². The van der Waals surface area contributed by atoms with E-state index in [4.69, 9.17) is 4.42 Å². The van der Waals surface area contributed by atoms with E-state index < -0.39 is 5.60 Å². The number of furan rings is 1. The molecule has 2 atom stereocenters. The molecule has 0 spiro atoms. The van der Waals surface area contributed by atoms with Crippen LogP contribution in [0.1, 0.15) is 31.4 Å². The van der Waals surface area contributed by atoms with Gasteiger partial charge in [-0.25, -0.2) is 5.43 Å². The molecule has 1 heterocycles. The van der Waals surface area contributed by atoms with Gasteiger partial charge in [0.15, 0.2) is 0 Å². The first-order chi connectivity index (χ1) is 9.59. The summed E-state index contributed by atoms with van der Waals surface area (Å²) >= 11 is 0. The molecule has 0 radical (unpaired) electrons. The van der Waals surface area contributed by atoms with Crippen molar-refractivity contribution < 1.29 is 9.52 Å². The number of fused-ring (bicyclic) bond motifs is 1. The molecule has 2 N–H and O–H groups in total. The van der Waals surface area contributed by atoms with E-state index in [1.807, 2.05) is 49.4 Å². The van der Waals surface area contributed by atoms with E-state index in [0.717, 1.165) is 36.7 Å². The maximum atomic E-state index is 11.2. The Morgan fingerprint density at radius 2 is 2.10 bits per heavy atom. The standard InChI is InChI=1S/C16H22N2O2/c1-18(2)17-14-9-5-6-10-16(14,19)15-11-12-7-3-4-8-13(12)20-15/h3-4,7-8,11,14,17,19H,5-6,9-10H2,1-2H3/t14-,16+/m0/s1. The van der Waals surface area contributed by atoms with Crippen LogP contribution in [0.15, 0.2) is 34.7 Å². The van der Waals surface area contributed by atoms with Crippen molar-refractivity contribution in [3.63, 3.8) is 0 Å². The largest absolute Gasteiger partial charge is 0.458 e. The molecule has 0 saturated heterocycles. The summed E-state index contributed by atoms with van der Waals surface area (Å²) in [5, 5.41) is 14.1. The van der Waals surface area contributed by atoms with E-state index in [1.165, 1.54) is 0 Å². The van der Waals surface area contributed by atoms with Gasteiger partial charge in [-0.1, -0.05) is 24.6 Å². The maximum absolute atomic E-state index is 11.2. The van der Waals surface area contributed by atoms with Crippen LogP contribution in [0.3, 0.4) is 0 Å². The van der Waals surface area contributed by atoms with Crippen LogP contribution in [0, 0.1) is 0 Å². The molecule has 0 amide bonds. The first kappa shape index (κ1) is 13.6. The number of benzene rings is 1. The quantitative estimate of drug-likeness (QED) is 0.845. The van der Waals surface area contributed by atoms with Crippen LogP contribution in [-0.2, 0) is 5.60 Å². The highest BCUT2D eigenvalue weighted by atomic mass is 16.4. The van der Waals surface area contributed by atoms with Gasteiger partial charge in [0.1, 0.15) is 16.9 Å². The third-order valence-electron chi connectivity index (χ3n) is 4.14. The fourth-order valence-electron chi connectivity index (χ4n) is 3.13. The molecule has 0 bridgehead atoms. The number of nitrogens with one attached hydrogen (secondary N) is 1. The molecule has 3 rings (SSSR count). The molecule has 4 nitrogen and oxygen atoms in total. The Bertz CT molecular complexity index is 560. The molecule has 0 unspecified atom stereocenters. The van der Waals surface area contributed by atoms with Crippen molar-refractivity contribution in [2.45, 2.75) is 37.3 Å². The zero-order valence-electron chi connectivity index (χ0n) is 12.1. The van der Waals surface area contributed by atoms with Gasteiger partial charge in [0.05, 0.1) is 6.04 Å². The second-order valence-corrected chi connectivity index (χ2v) is 5.89. The van der Waals surface area contributed by atoms with Crippen LogP contribution in [0.25, 0.3) is 11.0 Å². The Morgan fingerprint density at radius 3 is 2.85 bits per heavy atom. The average molecular weight is 274 g/mol. The van der Waals surface area contributed by atoms with Crippen molar-refractivity contribution in [2.24, 2.45) is 0 Å². The van der Waals surface area contributed by atoms with Crippen molar-refractivity contribution in [1.82, 2.24) is 10.4 Å². The summed E-state index contributed by atoms with van der Waals surface area (Å²) in [5.74, 6) is 0.678. The highest BCUT2D eigenvalue weighted by Crippen LogP contribution is 2.39. The molecule has 1 fully saturated rings. The zero-order chi connectivity index (χ0) is 14.2. The minimum absolute atomic E-state index is 0.00758. The number of para-hydroxylation sites is 1. The van der Waals surface area contributed by atoms with Crippen LogP contribution >= 0.6 is 0 Å². The molecule has 20 heavy (non-hydrogen) atoms. The van der Waals surface area contributed by atoms with Gasteiger partial charge in [0, 0.05) is 19.5 Å². The van der Waals surface area contributed by atoms with Gasteiger partial charge in [-0.3, -0.25) is 5.01 Å². The van der Waals surface area contributed by atoms with Gasteiger partial charge in [0.2, 0.25) is 0 Å². The first-order valence-corrected chi connectivity index (χ1v) is 7.24. The van der Waals surface area contributed by atoms with E-state index in [-0.39, 0.29) is 6.04 Å². The van der Waals surface area contributed by atoms with Crippen molar-refractivity contribution in [1.29, 1.82) is 0 Å². The van der Waals surface area contributed by atoms with E-state index in [0.29, 0.717) is 5.76 Å². The summed E-state index contributed by atoms with van der Waals surface area (Å²) in [6.07, 6.45) is 3.84. The molecule has 1 aromatic carbocycles. The lowest BCUT2D eigenvalue weighted by molar-refractivity contribution is -0.0656. The summed E-state index contributed by atoms with van der Waals surface area (Å²) in [4.78, 5) is 0. The molecule has 1 aromatic heterocycles. The Kier molecular flexibility index (Phi) is 3.54. The molecule has 2 aromatic rings. The average Bonchev–Trinajstić information content (AvgIpc) is 2.85. The van der Waals surface area contributed by atoms with Gasteiger partial charge in [-0.2, -0.15) is 0 Å². The van der Waals surface area contributed by atoms with Crippen molar-refractivity contribution in [2.75, 3.05) is 14.1 Å². The smallest absolute Gasteiger partial charge is 0.139 e. The third kappa shape index (κ3) is 2.35. The summed E-state index contributed by atoms with van der Waals surface area (Å²) in [7, 11) is 3.90. The molecular formula is C16H22N2O2. The highest BCUT2D eigenvalue weighted by Gasteiger charge is 2.43. The topological polar surface area (TPSA) is 48.6 Å². The summed E-state index contributed by atoms with van der Waals surface area (Å²) in [6, 6.07) is 9.87. The van der Waals surface area contributed by atoms with Crippen molar-refractivity contribution in [3.8, 4) is 0 Å². The van der Waals surface area contributed by atoms with Crippen LogP contribution in [0.2, 0.25) is 0 Å². The number of hydrogen-bond donors (Lipinski definition) is 2. The van der Waals surface area contributed by atoms with Gasteiger partial charge in [0.25, 0.3) is 0 Å². The molecule has 1 aliphatic rings. The summed E-state index contributed by atoms with van der Waals surface area (Å²) in [5.41, 5.74) is 3.25. The summed E-state index contributed by atoms with van der Waals surface area (Å²) < 4.78 is 5.91. The van der Waals surface area contributed by atoms with E-state index >= 15 is 0 Å². The summed E-state index contributed by atoms with van der Waals surface area (Å²) in [6.45, 7) is 0. The van der Waals surface area contributed by atoms with E-state index in [9.17, 15) is 5.11 Å². The molecule has 1 aliphatic carbocycles. The number of hydrogen-bond acceptors (Lipinski definition) is 4. The second kappa shape index (κ2) is 5.20. The normalized spacial score (nSPS) is 27.3. The number of aliphatic hydroxyl groups is 1. The Balaban J connectivity index is 1.98. The van der Waals surface area contributed by atoms with Gasteiger partial charge >= 0.3 is 0 Å². The number of hydrazine groups is 1. The minimum atomic E-state index is -0.929. The molecular weight excluding hydrogens is 252 g/mol. The second-order valence-electron chi connectivity index (χ2n) is 5.89. The van der Waals surface area contributed by atoms with Crippen LogP contribution in [0.5, 0.6) is 0 Å². The maximum Gasteiger partial charge on any atom is 0.139 e. The van der Waals surface area contributed by atoms with Crippen LogP contribution in [-0.4, -0.2) is 30.3 Å². The lowest BCUT2D eigenvalue weighted by Gasteiger charge is -2.40. The van der Waals surface area contributed by atoms with Crippen molar-refractivity contribution in [3.05, 3.63) is 36.1 Å². The first-order valence-electron chi connectivity index (χ1n) is 7.24. The predicted molar refractivity (Wildman–Crippen MR) is 79.2 cm³/mol. The SMILES string of the molecule is CN(C)N[C@H]1CCCC[C@]1(O)c1cc2ccccc2o1. The predicted octanol–water partition coefficient (Wildman–Crippen LogP) is 2.63. The van der Waals surface area contributed by atoms with Gasteiger partial charge in [-0.05, 0) is 31.4 Å². The van der Waals surface area contributed by atoms with E-state index in [2.05, 4.69) is 5.43 Å². The Morgan fingerprint density at radius 1 is 1.30 bits per heavy atom. The molecule has 1 saturated carbocycles. The van der Waals surface area contributed by atoms with Crippen LogP contribution < -0.4 is 5.43 Å². The Labute approximate surface area is 119 Å². The van der Waals surface area contributed by atoms with Crippen molar-refractivity contribution >= 4 is 11.0 Å². The van der Waals surface area contributed by atoms with Gasteiger partial charge in [-0.15, -0.1) is 0 Å². The van der Waals surface area contributed by atoms with E-state index in [1.54, 1.807) is 0 Å². The molecule has 0 aliphatic heterocycles. The minimum Gasteiger partial charge on any atom is -0.458 e. The fraction of sp³-hybridized carbons (Fsp3) is 0.500. The lowest BCUT2D eigenvalue weighted by atomic mass is 9.79. The monoisotopic (exact) mass is 274 g/mol. The third-order valence-corrected chi connectivity index (χ3v) is 4.14. The number of nitrogens with zero attached hydrogens (tertiary/aromatic N) is 1.